The van der Waals surface area contributed by atoms with E-state index < -0.39 is 0 Å². The lowest BCUT2D eigenvalue weighted by Crippen LogP contribution is -2.37. The summed E-state index contributed by atoms with van der Waals surface area (Å²) < 4.78 is 0. The Morgan fingerprint density at radius 3 is 2.75 bits per heavy atom. The molecule has 3 nitrogen and oxygen atoms in total. The molecule has 1 N–H and O–H groups in total. The van der Waals surface area contributed by atoms with Gasteiger partial charge in [-0.3, -0.25) is 4.79 Å². The molecule has 0 saturated heterocycles. The van der Waals surface area contributed by atoms with Gasteiger partial charge in [-0.2, -0.15) is 0 Å². The van der Waals surface area contributed by atoms with Gasteiger partial charge in [0.25, 0.3) is 5.91 Å². The third-order valence-electron chi connectivity index (χ3n) is 3.83. The predicted octanol–water partition coefficient (Wildman–Crippen LogP) is 2.29. The Bertz CT molecular complexity index is 523. The van der Waals surface area contributed by atoms with Crippen molar-refractivity contribution < 1.29 is 9.90 Å². The van der Waals surface area contributed by atoms with Crippen molar-refractivity contribution in [3.8, 4) is 11.8 Å². The summed E-state index contributed by atoms with van der Waals surface area (Å²) in [5, 5.41) is 8.80. The standard InChI is InChI=1S/C17H21NO2/c1-2-18(13-14-7-5-8-14)17(20)16-11-4-3-9-15(16)10-6-12-19/h3-4,9,11,14,19H,2,5,7-8,12-13H2,1H3. The Morgan fingerprint density at radius 1 is 1.40 bits per heavy atom. The second kappa shape index (κ2) is 7.12. The summed E-state index contributed by atoms with van der Waals surface area (Å²) in [5.41, 5.74) is 1.33. The molecule has 1 aromatic rings. The lowest BCUT2D eigenvalue weighted by Gasteiger charge is -2.32. The molecule has 0 unspecified atom stereocenters. The van der Waals surface area contributed by atoms with Crippen molar-refractivity contribution in [3.05, 3.63) is 35.4 Å². The zero-order valence-corrected chi connectivity index (χ0v) is 11.9. The van der Waals surface area contributed by atoms with E-state index in [1.165, 1.54) is 19.3 Å². The number of aliphatic hydroxyl groups is 1. The first-order valence-electron chi connectivity index (χ1n) is 7.24. The van der Waals surface area contributed by atoms with E-state index in [9.17, 15) is 4.79 Å². The van der Waals surface area contributed by atoms with E-state index in [0.717, 1.165) is 13.1 Å². The van der Waals surface area contributed by atoms with Gasteiger partial charge in [0, 0.05) is 18.7 Å². The van der Waals surface area contributed by atoms with Gasteiger partial charge in [-0.1, -0.05) is 30.4 Å². The maximum Gasteiger partial charge on any atom is 0.255 e. The minimum atomic E-state index is -0.192. The van der Waals surface area contributed by atoms with E-state index in [1.807, 2.05) is 36.1 Å². The highest BCUT2D eigenvalue weighted by atomic mass is 16.2. The Morgan fingerprint density at radius 2 is 2.15 bits per heavy atom. The van der Waals surface area contributed by atoms with E-state index in [0.29, 0.717) is 17.0 Å². The Balaban J connectivity index is 2.17. The molecular formula is C17H21NO2. The van der Waals surface area contributed by atoms with Crippen LogP contribution in [0.1, 0.15) is 42.1 Å². The molecular weight excluding hydrogens is 250 g/mol. The van der Waals surface area contributed by atoms with Gasteiger partial charge in [0.2, 0.25) is 0 Å². The Hall–Kier alpha value is -1.79. The fourth-order valence-corrected chi connectivity index (χ4v) is 2.43. The fraction of sp³-hybridized carbons (Fsp3) is 0.471. The first kappa shape index (κ1) is 14.6. The highest BCUT2D eigenvalue weighted by Gasteiger charge is 2.24. The zero-order chi connectivity index (χ0) is 14.4. The normalized spacial score (nSPS) is 14.1. The number of carbonyl (C=O) groups excluding carboxylic acids is 1. The summed E-state index contributed by atoms with van der Waals surface area (Å²) in [4.78, 5) is 14.5. The number of amides is 1. The maximum atomic E-state index is 12.6. The first-order chi connectivity index (χ1) is 9.76. The van der Waals surface area contributed by atoms with E-state index in [2.05, 4.69) is 11.8 Å². The molecule has 0 aromatic heterocycles. The quantitative estimate of drug-likeness (QED) is 0.854. The summed E-state index contributed by atoms with van der Waals surface area (Å²) in [6.07, 6.45) is 3.75. The van der Waals surface area contributed by atoms with Crippen molar-refractivity contribution in [3.63, 3.8) is 0 Å². The topological polar surface area (TPSA) is 40.5 Å². The van der Waals surface area contributed by atoms with Crippen LogP contribution < -0.4 is 0 Å². The molecule has 1 fully saturated rings. The largest absolute Gasteiger partial charge is 0.384 e. The van der Waals surface area contributed by atoms with Gasteiger partial charge in [0.15, 0.2) is 0 Å². The van der Waals surface area contributed by atoms with Gasteiger partial charge in [-0.25, -0.2) is 0 Å². The number of rotatable bonds is 4. The summed E-state index contributed by atoms with van der Waals surface area (Å²) in [7, 11) is 0. The minimum Gasteiger partial charge on any atom is -0.384 e. The molecule has 0 aliphatic heterocycles. The summed E-state index contributed by atoms with van der Waals surface area (Å²) >= 11 is 0. The third kappa shape index (κ3) is 3.40. The van der Waals surface area contributed by atoms with E-state index in [4.69, 9.17) is 5.11 Å². The molecule has 1 amide bonds. The van der Waals surface area contributed by atoms with Crippen LogP contribution in [0.25, 0.3) is 0 Å². The SMILES string of the molecule is CCN(CC1CCC1)C(=O)c1ccccc1C#CCO. The van der Waals surface area contributed by atoms with Crippen molar-refractivity contribution >= 4 is 5.91 Å². The molecule has 0 heterocycles. The average Bonchev–Trinajstić information content (AvgIpc) is 2.44. The van der Waals surface area contributed by atoms with Gasteiger partial charge in [0.1, 0.15) is 6.61 Å². The van der Waals surface area contributed by atoms with Crippen LogP contribution in [0.2, 0.25) is 0 Å². The maximum absolute atomic E-state index is 12.6. The molecule has 0 radical (unpaired) electrons. The van der Waals surface area contributed by atoms with E-state index in [-0.39, 0.29) is 12.5 Å². The summed E-state index contributed by atoms with van der Waals surface area (Å²) in [6, 6.07) is 7.36. The van der Waals surface area contributed by atoms with Crippen LogP contribution in [-0.2, 0) is 0 Å². The van der Waals surface area contributed by atoms with Crippen molar-refractivity contribution in [2.45, 2.75) is 26.2 Å². The van der Waals surface area contributed by atoms with Gasteiger partial charge in [-0.05, 0) is 37.8 Å². The number of hydrogen-bond acceptors (Lipinski definition) is 2. The van der Waals surface area contributed by atoms with Crippen molar-refractivity contribution in [2.75, 3.05) is 19.7 Å². The van der Waals surface area contributed by atoms with Crippen LogP contribution in [0.3, 0.4) is 0 Å². The highest BCUT2D eigenvalue weighted by molar-refractivity contribution is 5.96. The highest BCUT2D eigenvalue weighted by Crippen LogP contribution is 2.27. The molecule has 2 rings (SSSR count). The Kier molecular flexibility index (Phi) is 5.20. The van der Waals surface area contributed by atoms with Crippen LogP contribution in [0.15, 0.2) is 24.3 Å². The predicted molar refractivity (Wildman–Crippen MR) is 79.3 cm³/mol. The van der Waals surface area contributed by atoms with Crippen LogP contribution in [0.5, 0.6) is 0 Å². The lowest BCUT2D eigenvalue weighted by atomic mass is 9.85. The fourth-order valence-electron chi connectivity index (χ4n) is 2.43. The molecule has 0 spiro atoms. The van der Waals surface area contributed by atoms with Crippen molar-refractivity contribution in [1.82, 2.24) is 4.90 Å². The number of aliphatic hydroxyl groups excluding tert-OH is 1. The molecule has 1 saturated carbocycles. The molecule has 0 atom stereocenters. The first-order valence-corrected chi connectivity index (χ1v) is 7.24. The number of benzene rings is 1. The molecule has 0 bridgehead atoms. The molecule has 106 valence electrons. The minimum absolute atomic E-state index is 0.0437. The van der Waals surface area contributed by atoms with Gasteiger partial charge < -0.3 is 10.0 Å². The summed E-state index contributed by atoms with van der Waals surface area (Å²) in [6.45, 7) is 3.38. The molecule has 1 aliphatic carbocycles. The molecule has 3 heteroatoms. The lowest BCUT2D eigenvalue weighted by molar-refractivity contribution is 0.0706. The van der Waals surface area contributed by atoms with Crippen LogP contribution in [0.4, 0.5) is 0 Å². The zero-order valence-electron chi connectivity index (χ0n) is 11.9. The number of nitrogens with zero attached hydrogens (tertiary/aromatic N) is 1. The number of carbonyl (C=O) groups is 1. The monoisotopic (exact) mass is 271 g/mol. The third-order valence-corrected chi connectivity index (χ3v) is 3.83. The molecule has 1 aliphatic rings. The van der Waals surface area contributed by atoms with Crippen molar-refractivity contribution in [2.24, 2.45) is 5.92 Å². The van der Waals surface area contributed by atoms with Gasteiger partial charge >= 0.3 is 0 Å². The molecule has 20 heavy (non-hydrogen) atoms. The van der Waals surface area contributed by atoms with E-state index >= 15 is 0 Å². The van der Waals surface area contributed by atoms with Crippen LogP contribution in [0, 0.1) is 17.8 Å². The second-order valence-corrected chi connectivity index (χ2v) is 5.15. The average molecular weight is 271 g/mol. The summed E-state index contributed by atoms with van der Waals surface area (Å²) in [5.74, 6) is 6.18. The van der Waals surface area contributed by atoms with Crippen LogP contribution >= 0.6 is 0 Å². The van der Waals surface area contributed by atoms with Gasteiger partial charge in [0.05, 0.1) is 5.56 Å². The Labute approximate surface area is 120 Å². The smallest absolute Gasteiger partial charge is 0.255 e. The van der Waals surface area contributed by atoms with Crippen LogP contribution in [-0.4, -0.2) is 35.6 Å². The van der Waals surface area contributed by atoms with Crippen molar-refractivity contribution in [1.29, 1.82) is 0 Å². The van der Waals surface area contributed by atoms with E-state index in [1.54, 1.807) is 0 Å². The van der Waals surface area contributed by atoms with Gasteiger partial charge in [-0.15, -0.1) is 0 Å². The second-order valence-electron chi connectivity index (χ2n) is 5.15. The molecule has 1 aromatic carbocycles. The number of hydrogen-bond donors (Lipinski definition) is 1.